The van der Waals surface area contributed by atoms with E-state index in [1.807, 2.05) is 72.6 Å². The third-order valence-electron chi connectivity index (χ3n) is 3.75. The number of nitrogens with zero attached hydrogens (tertiary/aromatic N) is 1. The minimum absolute atomic E-state index is 0.0736. The van der Waals surface area contributed by atoms with Crippen LogP contribution in [0.15, 0.2) is 60.7 Å². The summed E-state index contributed by atoms with van der Waals surface area (Å²) in [7, 11) is 1.91. The van der Waals surface area contributed by atoms with Gasteiger partial charge in [0.25, 0.3) is 0 Å². The van der Waals surface area contributed by atoms with E-state index >= 15 is 0 Å². The van der Waals surface area contributed by atoms with Crippen LogP contribution in [-0.4, -0.2) is 35.6 Å². The van der Waals surface area contributed by atoms with Crippen LogP contribution >= 0.6 is 0 Å². The lowest BCUT2D eigenvalue weighted by molar-refractivity contribution is -0.121. The molecule has 0 aliphatic heterocycles. The molecule has 2 aromatic carbocycles. The van der Waals surface area contributed by atoms with Gasteiger partial charge in [-0.1, -0.05) is 48.5 Å². The smallest absolute Gasteiger partial charge is 0.246 e. The molecule has 23 heavy (non-hydrogen) atoms. The lowest BCUT2D eigenvalue weighted by Gasteiger charge is -2.28. The second-order valence-electron chi connectivity index (χ2n) is 5.79. The highest BCUT2D eigenvalue weighted by Gasteiger charge is 2.25. The van der Waals surface area contributed by atoms with Gasteiger partial charge in [-0.05, 0) is 38.1 Å². The number of aliphatic hydroxyl groups excluding tert-OH is 1. The summed E-state index contributed by atoms with van der Waals surface area (Å²) in [6, 6.07) is 18.8. The number of anilines is 1. The van der Waals surface area contributed by atoms with Crippen LogP contribution in [-0.2, 0) is 4.79 Å². The van der Waals surface area contributed by atoms with E-state index in [0.29, 0.717) is 13.0 Å². The molecule has 0 heterocycles. The summed E-state index contributed by atoms with van der Waals surface area (Å²) in [5.41, 5.74) is 1.72. The number of nitrogens with one attached hydrogen (secondary N) is 1. The van der Waals surface area contributed by atoms with Gasteiger partial charge in [-0.25, -0.2) is 0 Å². The highest BCUT2D eigenvalue weighted by Crippen LogP contribution is 2.22. The SMILES string of the molecule is CC(O)CCN(C)C(C(=O)Nc1ccccc1)c1ccccc1. The normalized spacial score (nSPS) is 13.6. The van der Waals surface area contributed by atoms with Crippen molar-refractivity contribution in [3.8, 4) is 0 Å². The molecule has 4 nitrogen and oxygen atoms in total. The number of benzene rings is 2. The first-order chi connectivity index (χ1) is 11.1. The summed E-state index contributed by atoms with van der Waals surface area (Å²) < 4.78 is 0. The standard InChI is InChI=1S/C19H24N2O2/c1-15(22)13-14-21(2)18(16-9-5-3-6-10-16)19(23)20-17-11-7-4-8-12-17/h3-12,15,18,22H,13-14H2,1-2H3,(H,20,23). The van der Waals surface area contributed by atoms with Crippen LogP contribution in [0.2, 0.25) is 0 Å². The minimum Gasteiger partial charge on any atom is -0.393 e. The first kappa shape index (κ1) is 17.2. The second kappa shape index (κ2) is 8.46. The number of carbonyl (C=O) groups excluding carboxylic acids is 1. The Balaban J connectivity index is 2.17. The van der Waals surface area contributed by atoms with Crippen LogP contribution < -0.4 is 5.32 Å². The van der Waals surface area contributed by atoms with Crippen molar-refractivity contribution in [2.45, 2.75) is 25.5 Å². The van der Waals surface area contributed by atoms with Gasteiger partial charge in [0.05, 0.1) is 6.10 Å². The maximum atomic E-state index is 12.8. The Bertz CT molecular complexity index is 599. The van der Waals surface area contributed by atoms with Gasteiger partial charge in [-0.3, -0.25) is 9.69 Å². The number of rotatable bonds is 7. The second-order valence-corrected chi connectivity index (χ2v) is 5.79. The van der Waals surface area contributed by atoms with Crippen LogP contribution in [0.4, 0.5) is 5.69 Å². The maximum Gasteiger partial charge on any atom is 0.246 e. The Hall–Kier alpha value is -2.17. The van der Waals surface area contributed by atoms with Crippen LogP contribution in [0.25, 0.3) is 0 Å². The first-order valence-electron chi connectivity index (χ1n) is 7.87. The molecule has 0 saturated heterocycles. The average molecular weight is 312 g/mol. The Labute approximate surface area is 137 Å². The third-order valence-corrected chi connectivity index (χ3v) is 3.75. The van der Waals surface area contributed by atoms with E-state index in [4.69, 9.17) is 0 Å². The van der Waals surface area contributed by atoms with Crippen molar-refractivity contribution >= 4 is 11.6 Å². The number of aliphatic hydroxyl groups is 1. The first-order valence-corrected chi connectivity index (χ1v) is 7.87. The van der Waals surface area contributed by atoms with E-state index in [1.54, 1.807) is 6.92 Å². The van der Waals surface area contributed by atoms with E-state index in [0.717, 1.165) is 11.3 Å². The number of hydrogen-bond donors (Lipinski definition) is 2. The van der Waals surface area contributed by atoms with Crippen molar-refractivity contribution in [3.63, 3.8) is 0 Å². The van der Waals surface area contributed by atoms with Gasteiger partial charge in [-0.2, -0.15) is 0 Å². The molecular weight excluding hydrogens is 288 g/mol. The summed E-state index contributed by atoms with van der Waals surface area (Å²) in [5.74, 6) is -0.0736. The molecule has 2 aromatic rings. The van der Waals surface area contributed by atoms with Crippen LogP contribution in [0.3, 0.4) is 0 Å². The molecule has 2 unspecified atom stereocenters. The summed E-state index contributed by atoms with van der Waals surface area (Å²) in [6.45, 7) is 2.40. The van der Waals surface area contributed by atoms with E-state index in [9.17, 15) is 9.90 Å². The highest BCUT2D eigenvalue weighted by molar-refractivity contribution is 5.95. The zero-order chi connectivity index (χ0) is 16.7. The van der Waals surface area contributed by atoms with Crippen LogP contribution in [0, 0.1) is 0 Å². The van der Waals surface area contributed by atoms with Gasteiger partial charge < -0.3 is 10.4 Å². The molecule has 1 amide bonds. The number of carbonyl (C=O) groups is 1. The van der Waals surface area contributed by atoms with Gasteiger partial charge in [0, 0.05) is 12.2 Å². The summed E-state index contributed by atoms with van der Waals surface area (Å²) in [6.07, 6.45) is 0.240. The Morgan fingerprint density at radius 1 is 1.09 bits per heavy atom. The minimum atomic E-state index is -0.393. The molecule has 2 atom stereocenters. The van der Waals surface area contributed by atoms with Gasteiger partial charge in [0.1, 0.15) is 6.04 Å². The highest BCUT2D eigenvalue weighted by atomic mass is 16.3. The average Bonchev–Trinajstić information content (AvgIpc) is 2.55. The van der Waals surface area contributed by atoms with Gasteiger partial charge >= 0.3 is 0 Å². The lowest BCUT2D eigenvalue weighted by Crippen LogP contribution is -2.36. The Kier molecular flexibility index (Phi) is 6.32. The summed E-state index contributed by atoms with van der Waals surface area (Å²) in [4.78, 5) is 14.8. The molecule has 2 N–H and O–H groups in total. The van der Waals surface area contributed by atoms with Crippen LogP contribution in [0.1, 0.15) is 24.9 Å². The lowest BCUT2D eigenvalue weighted by atomic mass is 10.0. The quantitative estimate of drug-likeness (QED) is 0.826. The van der Waals surface area contributed by atoms with E-state index < -0.39 is 6.04 Å². The molecule has 4 heteroatoms. The largest absolute Gasteiger partial charge is 0.393 e. The molecule has 0 aliphatic carbocycles. The number of likely N-dealkylation sites (N-methyl/N-ethyl adjacent to an activating group) is 1. The summed E-state index contributed by atoms with van der Waals surface area (Å²) in [5, 5.41) is 12.5. The van der Waals surface area contributed by atoms with Crippen molar-refractivity contribution in [1.82, 2.24) is 4.90 Å². The number of hydrogen-bond acceptors (Lipinski definition) is 3. The number of amides is 1. The van der Waals surface area contributed by atoms with Crippen LogP contribution in [0.5, 0.6) is 0 Å². The van der Waals surface area contributed by atoms with Crippen molar-refractivity contribution < 1.29 is 9.90 Å². The van der Waals surface area contributed by atoms with Crippen molar-refractivity contribution in [1.29, 1.82) is 0 Å². The number of para-hydroxylation sites is 1. The molecule has 0 aromatic heterocycles. The molecule has 0 fully saturated rings. The van der Waals surface area contributed by atoms with Gasteiger partial charge in [0.2, 0.25) is 5.91 Å². The predicted octanol–water partition coefficient (Wildman–Crippen LogP) is 3.07. The Morgan fingerprint density at radius 2 is 1.65 bits per heavy atom. The molecule has 122 valence electrons. The van der Waals surface area contributed by atoms with Gasteiger partial charge in [0.15, 0.2) is 0 Å². The molecular formula is C19H24N2O2. The van der Waals surface area contributed by atoms with Crippen molar-refractivity contribution in [2.75, 3.05) is 18.9 Å². The van der Waals surface area contributed by atoms with E-state index in [2.05, 4.69) is 5.32 Å². The van der Waals surface area contributed by atoms with Crippen molar-refractivity contribution in [2.24, 2.45) is 0 Å². The predicted molar refractivity (Wildman–Crippen MR) is 93.2 cm³/mol. The molecule has 0 bridgehead atoms. The third kappa shape index (κ3) is 5.20. The molecule has 0 radical (unpaired) electrons. The Morgan fingerprint density at radius 3 is 2.22 bits per heavy atom. The van der Waals surface area contributed by atoms with E-state index in [-0.39, 0.29) is 12.0 Å². The summed E-state index contributed by atoms with van der Waals surface area (Å²) >= 11 is 0. The maximum absolute atomic E-state index is 12.8. The van der Waals surface area contributed by atoms with Crippen molar-refractivity contribution in [3.05, 3.63) is 66.2 Å². The van der Waals surface area contributed by atoms with Gasteiger partial charge in [-0.15, -0.1) is 0 Å². The fourth-order valence-electron chi connectivity index (χ4n) is 2.49. The fourth-order valence-corrected chi connectivity index (χ4v) is 2.49. The van der Waals surface area contributed by atoms with E-state index in [1.165, 1.54) is 0 Å². The topological polar surface area (TPSA) is 52.6 Å². The molecule has 0 aliphatic rings. The fraction of sp³-hybridized carbons (Fsp3) is 0.316. The zero-order valence-electron chi connectivity index (χ0n) is 13.6. The molecule has 0 saturated carbocycles. The zero-order valence-corrected chi connectivity index (χ0v) is 13.6. The monoisotopic (exact) mass is 312 g/mol. The molecule has 2 rings (SSSR count). The molecule has 0 spiro atoms.